The van der Waals surface area contributed by atoms with E-state index in [0.29, 0.717) is 6.42 Å². The molecule has 70 valence electrons. The number of allylic oxidation sites excluding steroid dienone is 1. The molecule has 1 aliphatic heterocycles. The van der Waals surface area contributed by atoms with Gasteiger partial charge in [0.25, 0.3) is 5.91 Å². The first-order valence-corrected chi connectivity index (χ1v) is 4.29. The van der Waals surface area contributed by atoms with Crippen molar-refractivity contribution in [1.82, 2.24) is 5.32 Å². The van der Waals surface area contributed by atoms with Crippen LogP contribution >= 0.6 is 0 Å². The van der Waals surface area contributed by atoms with Crippen LogP contribution in [0.3, 0.4) is 0 Å². The van der Waals surface area contributed by atoms with Gasteiger partial charge >= 0.3 is 0 Å². The van der Waals surface area contributed by atoms with Gasteiger partial charge in [-0.05, 0) is 18.9 Å². The fourth-order valence-corrected chi connectivity index (χ4v) is 2.01. The van der Waals surface area contributed by atoms with Gasteiger partial charge in [-0.1, -0.05) is 6.08 Å². The van der Waals surface area contributed by atoms with E-state index in [2.05, 4.69) is 5.32 Å². The molecule has 1 saturated heterocycles. The SMILES string of the molecule is COC12C=CCCC1C(=O)NC2=O. The molecule has 2 unspecified atom stereocenters. The van der Waals surface area contributed by atoms with Gasteiger partial charge in [-0.2, -0.15) is 0 Å². The van der Waals surface area contributed by atoms with Crippen LogP contribution in [0.2, 0.25) is 0 Å². The van der Waals surface area contributed by atoms with Crippen LogP contribution in [-0.4, -0.2) is 24.5 Å². The number of imide groups is 1. The molecule has 1 fully saturated rings. The number of carbonyl (C=O) groups excluding carboxylic acids is 2. The molecule has 0 radical (unpaired) electrons. The molecule has 13 heavy (non-hydrogen) atoms. The summed E-state index contributed by atoms with van der Waals surface area (Å²) in [7, 11) is 1.46. The largest absolute Gasteiger partial charge is 0.363 e. The van der Waals surface area contributed by atoms with Crippen LogP contribution in [0.4, 0.5) is 0 Å². The monoisotopic (exact) mass is 181 g/mol. The van der Waals surface area contributed by atoms with Crippen molar-refractivity contribution in [3.63, 3.8) is 0 Å². The van der Waals surface area contributed by atoms with Crippen molar-refractivity contribution >= 4 is 11.8 Å². The zero-order chi connectivity index (χ0) is 9.47. The van der Waals surface area contributed by atoms with E-state index in [9.17, 15) is 9.59 Å². The quantitative estimate of drug-likeness (QED) is 0.457. The maximum atomic E-state index is 11.5. The molecule has 2 amide bonds. The first-order valence-electron chi connectivity index (χ1n) is 4.29. The van der Waals surface area contributed by atoms with Gasteiger partial charge in [-0.25, -0.2) is 0 Å². The second-order valence-electron chi connectivity index (χ2n) is 3.35. The summed E-state index contributed by atoms with van der Waals surface area (Å²) in [5, 5.41) is 2.30. The molecule has 2 rings (SSSR count). The molecule has 4 nitrogen and oxygen atoms in total. The lowest BCUT2D eigenvalue weighted by molar-refractivity contribution is -0.137. The van der Waals surface area contributed by atoms with Crippen LogP contribution in [-0.2, 0) is 14.3 Å². The van der Waals surface area contributed by atoms with E-state index in [-0.39, 0.29) is 17.7 Å². The standard InChI is InChI=1S/C9H11NO3/c1-13-9-5-3-2-4-6(9)7(11)10-8(9)12/h3,5-6H,2,4H2,1H3,(H,10,11,12). The van der Waals surface area contributed by atoms with E-state index in [1.165, 1.54) is 7.11 Å². The molecule has 1 N–H and O–H groups in total. The molecule has 1 aliphatic carbocycles. The van der Waals surface area contributed by atoms with E-state index in [1.807, 2.05) is 6.08 Å². The van der Waals surface area contributed by atoms with Crippen molar-refractivity contribution in [2.75, 3.05) is 7.11 Å². The third-order valence-corrected chi connectivity index (χ3v) is 2.75. The van der Waals surface area contributed by atoms with Gasteiger partial charge in [0.1, 0.15) is 0 Å². The fraction of sp³-hybridized carbons (Fsp3) is 0.556. The van der Waals surface area contributed by atoms with Crippen LogP contribution in [0.1, 0.15) is 12.8 Å². The average molecular weight is 181 g/mol. The minimum Gasteiger partial charge on any atom is -0.363 e. The smallest absolute Gasteiger partial charge is 0.263 e. The van der Waals surface area contributed by atoms with E-state index >= 15 is 0 Å². The number of ether oxygens (including phenoxy) is 1. The summed E-state index contributed by atoms with van der Waals surface area (Å²) in [6.07, 6.45) is 5.10. The summed E-state index contributed by atoms with van der Waals surface area (Å²) in [6.45, 7) is 0. The summed E-state index contributed by atoms with van der Waals surface area (Å²) in [5.41, 5.74) is -1.02. The Hall–Kier alpha value is -1.16. The van der Waals surface area contributed by atoms with Crippen LogP contribution in [0.25, 0.3) is 0 Å². The molecule has 0 saturated carbocycles. The molecule has 0 aromatic carbocycles. The predicted molar refractivity (Wildman–Crippen MR) is 44.8 cm³/mol. The van der Waals surface area contributed by atoms with Crippen LogP contribution < -0.4 is 5.32 Å². The lowest BCUT2D eigenvalue weighted by atomic mass is 9.82. The van der Waals surface area contributed by atoms with Crippen molar-refractivity contribution in [2.45, 2.75) is 18.4 Å². The second-order valence-corrected chi connectivity index (χ2v) is 3.35. The minimum atomic E-state index is -1.02. The summed E-state index contributed by atoms with van der Waals surface area (Å²) >= 11 is 0. The molecular weight excluding hydrogens is 170 g/mol. The first kappa shape index (κ1) is 8.44. The van der Waals surface area contributed by atoms with Gasteiger partial charge in [0, 0.05) is 7.11 Å². The Morgan fingerprint density at radius 3 is 3.00 bits per heavy atom. The van der Waals surface area contributed by atoms with Gasteiger partial charge in [-0.3, -0.25) is 14.9 Å². The highest BCUT2D eigenvalue weighted by atomic mass is 16.5. The van der Waals surface area contributed by atoms with E-state index in [4.69, 9.17) is 4.74 Å². The number of amides is 2. The zero-order valence-corrected chi connectivity index (χ0v) is 7.37. The van der Waals surface area contributed by atoms with Crippen LogP contribution in [0, 0.1) is 5.92 Å². The van der Waals surface area contributed by atoms with Crippen molar-refractivity contribution in [2.24, 2.45) is 5.92 Å². The highest BCUT2D eigenvalue weighted by molar-refractivity contribution is 6.10. The van der Waals surface area contributed by atoms with Gasteiger partial charge in [-0.15, -0.1) is 0 Å². The van der Waals surface area contributed by atoms with Crippen molar-refractivity contribution in [3.8, 4) is 0 Å². The minimum absolute atomic E-state index is 0.212. The highest BCUT2D eigenvalue weighted by Crippen LogP contribution is 2.35. The Labute approximate surface area is 75.9 Å². The third-order valence-electron chi connectivity index (χ3n) is 2.75. The van der Waals surface area contributed by atoms with Crippen molar-refractivity contribution < 1.29 is 14.3 Å². The Morgan fingerprint density at radius 2 is 2.38 bits per heavy atom. The highest BCUT2D eigenvalue weighted by Gasteiger charge is 2.54. The number of rotatable bonds is 1. The number of hydrogen-bond acceptors (Lipinski definition) is 3. The number of carbonyl (C=O) groups is 2. The summed E-state index contributed by atoms with van der Waals surface area (Å²) < 4.78 is 5.17. The summed E-state index contributed by atoms with van der Waals surface area (Å²) in [5.74, 6) is -0.882. The second kappa shape index (κ2) is 2.67. The van der Waals surface area contributed by atoms with Gasteiger partial charge < -0.3 is 4.74 Å². The summed E-state index contributed by atoms with van der Waals surface area (Å²) in [4.78, 5) is 22.8. The molecule has 1 heterocycles. The van der Waals surface area contributed by atoms with Crippen LogP contribution in [0.15, 0.2) is 12.2 Å². The first-order chi connectivity index (χ1) is 6.20. The fourth-order valence-electron chi connectivity index (χ4n) is 2.01. The molecule has 2 aliphatic rings. The van der Waals surface area contributed by atoms with E-state index < -0.39 is 5.60 Å². The summed E-state index contributed by atoms with van der Waals surface area (Å²) in [6, 6.07) is 0. The number of fused-ring (bicyclic) bond motifs is 1. The van der Waals surface area contributed by atoms with E-state index in [0.717, 1.165) is 6.42 Å². The molecule has 0 spiro atoms. The Balaban J connectivity index is 2.45. The van der Waals surface area contributed by atoms with E-state index in [1.54, 1.807) is 6.08 Å². The number of methoxy groups -OCH3 is 1. The number of hydrogen-bond donors (Lipinski definition) is 1. The molecule has 0 bridgehead atoms. The topological polar surface area (TPSA) is 55.4 Å². The molecule has 4 heteroatoms. The maximum Gasteiger partial charge on any atom is 0.263 e. The van der Waals surface area contributed by atoms with Gasteiger partial charge in [0.15, 0.2) is 5.60 Å². The van der Waals surface area contributed by atoms with Crippen LogP contribution in [0.5, 0.6) is 0 Å². The molecular formula is C9H11NO3. The molecule has 2 atom stereocenters. The normalized spacial score (nSPS) is 37.5. The predicted octanol–water partition coefficient (Wildman–Crippen LogP) is -0.00580. The Kier molecular flexibility index (Phi) is 1.73. The Morgan fingerprint density at radius 1 is 1.62 bits per heavy atom. The number of nitrogens with one attached hydrogen (secondary N) is 1. The lowest BCUT2D eigenvalue weighted by Crippen LogP contribution is -2.43. The van der Waals surface area contributed by atoms with Crippen molar-refractivity contribution in [3.05, 3.63) is 12.2 Å². The average Bonchev–Trinajstić information content (AvgIpc) is 2.41. The molecule has 0 aromatic heterocycles. The van der Waals surface area contributed by atoms with Crippen molar-refractivity contribution in [1.29, 1.82) is 0 Å². The van der Waals surface area contributed by atoms with Gasteiger partial charge in [0.2, 0.25) is 5.91 Å². The maximum absolute atomic E-state index is 11.5. The zero-order valence-electron chi connectivity index (χ0n) is 7.37. The third kappa shape index (κ3) is 0.951. The lowest BCUT2D eigenvalue weighted by Gasteiger charge is -2.29. The Bertz CT molecular complexity index is 297. The molecule has 0 aromatic rings. The van der Waals surface area contributed by atoms with Gasteiger partial charge in [0.05, 0.1) is 5.92 Å².